The third-order valence-corrected chi connectivity index (χ3v) is 8.18. The third-order valence-electron chi connectivity index (χ3n) is 7.25. The number of amides is 1. The number of halogens is 1. The van der Waals surface area contributed by atoms with E-state index in [1.165, 1.54) is 30.4 Å². The highest BCUT2D eigenvalue weighted by molar-refractivity contribution is 9.10. The van der Waals surface area contributed by atoms with Crippen LogP contribution in [-0.2, 0) is 17.9 Å². The zero-order valence-corrected chi connectivity index (χ0v) is 18.4. The number of carbonyl (C=O) groups excluding carboxylic acids is 1. The van der Waals surface area contributed by atoms with E-state index in [1.54, 1.807) is 0 Å². The number of rotatable bonds is 7. The number of hydrogen-bond acceptors (Lipinski definition) is 2. The zero-order chi connectivity index (χ0) is 19.1. The molecule has 4 fully saturated rings. The normalized spacial score (nSPS) is 34.2. The fourth-order valence-electron chi connectivity index (χ4n) is 6.25. The second-order valence-electron chi connectivity index (χ2n) is 9.35. The van der Waals surface area contributed by atoms with E-state index in [0.717, 1.165) is 50.7 Å². The van der Waals surface area contributed by atoms with Crippen molar-refractivity contribution in [1.82, 2.24) is 10.2 Å². The smallest absolute Gasteiger partial charge is 0.226 e. The highest BCUT2D eigenvalue weighted by Crippen LogP contribution is 2.64. The van der Waals surface area contributed by atoms with Gasteiger partial charge in [-0.15, -0.1) is 0 Å². The van der Waals surface area contributed by atoms with Gasteiger partial charge in [0.15, 0.2) is 0 Å². The summed E-state index contributed by atoms with van der Waals surface area (Å²) >= 11 is 4.01. The highest BCUT2D eigenvalue weighted by Gasteiger charge is 2.59. The Kier molecular flexibility index (Phi) is 5.41. The van der Waals surface area contributed by atoms with Gasteiger partial charge in [-0.25, -0.2) is 0 Å². The van der Waals surface area contributed by atoms with E-state index in [1.807, 2.05) is 0 Å². The molecule has 0 aliphatic heterocycles. The van der Waals surface area contributed by atoms with Crippen LogP contribution in [0, 0.1) is 17.3 Å². The van der Waals surface area contributed by atoms with E-state index in [9.17, 15) is 4.79 Å². The summed E-state index contributed by atoms with van der Waals surface area (Å²) in [5.74, 6) is 1.79. The molecule has 2 unspecified atom stereocenters. The number of hydrogen-bond donors (Lipinski definition) is 1. The fraction of sp³-hybridized carbons (Fsp3) is 0.696. The molecule has 0 heterocycles. The molecule has 1 aromatic rings. The Morgan fingerprint density at radius 3 is 2.22 bits per heavy atom. The second kappa shape index (κ2) is 7.51. The summed E-state index contributed by atoms with van der Waals surface area (Å²) < 4.78 is 0.237. The van der Waals surface area contributed by atoms with Gasteiger partial charge < -0.3 is 5.32 Å². The molecule has 148 valence electrons. The number of alkyl halides is 1. The van der Waals surface area contributed by atoms with Gasteiger partial charge in [0.2, 0.25) is 5.91 Å². The quantitative estimate of drug-likeness (QED) is 0.622. The first-order chi connectivity index (χ1) is 12.9. The summed E-state index contributed by atoms with van der Waals surface area (Å²) in [6.07, 6.45) is 7.12. The van der Waals surface area contributed by atoms with Crippen molar-refractivity contribution in [2.45, 2.75) is 69.8 Å². The van der Waals surface area contributed by atoms with Crippen molar-refractivity contribution in [3.63, 3.8) is 0 Å². The molecule has 3 nitrogen and oxygen atoms in total. The molecule has 0 aromatic heterocycles. The first kappa shape index (κ1) is 19.4. The third kappa shape index (κ3) is 3.98. The van der Waals surface area contributed by atoms with Gasteiger partial charge in [-0.3, -0.25) is 9.69 Å². The van der Waals surface area contributed by atoms with Crippen molar-refractivity contribution in [2.75, 3.05) is 13.1 Å². The number of carbonyl (C=O) groups is 1. The van der Waals surface area contributed by atoms with Crippen LogP contribution in [0.3, 0.4) is 0 Å². The minimum absolute atomic E-state index is 0.115. The molecule has 1 aromatic carbocycles. The topological polar surface area (TPSA) is 32.3 Å². The molecule has 4 bridgehead atoms. The average molecular weight is 433 g/mol. The average Bonchev–Trinajstić information content (AvgIpc) is 2.63. The first-order valence-corrected chi connectivity index (χ1v) is 11.5. The summed E-state index contributed by atoms with van der Waals surface area (Å²) in [5.41, 5.74) is 2.43. The molecule has 0 saturated heterocycles. The van der Waals surface area contributed by atoms with E-state index < -0.39 is 0 Å². The Morgan fingerprint density at radius 2 is 1.67 bits per heavy atom. The summed E-state index contributed by atoms with van der Waals surface area (Å²) in [6, 6.07) is 8.76. The van der Waals surface area contributed by atoms with Gasteiger partial charge in [-0.1, -0.05) is 54.0 Å². The lowest BCUT2D eigenvalue weighted by Crippen LogP contribution is -2.58. The van der Waals surface area contributed by atoms with Crippen molar-refractivity contribution in [1.29, 1.82) is 0 Å². The van der Waals surface area contributed by atoms with Crippen LogP contribution in [-0.4, -0.2) is 28.2 Å². The molecule has 4 saturated carbocycles. The minimum atomic E-state index is -0.115. The summed E-state index contributed by atoms with van der Waals surface area (Å²) in [4.78, 5) is 15.6. The molecule has 1 N–H and O–H groups in total. The predicted octanol–water partition coefficient (Wildman–Crippen LogP) is 4.88. The summed E-state index contributed by atoms with van der Waals surface area (Å²) in [6.45, 7) is 8.21. The van der Waals surface area contributed by atoms with Gasteiger partial charge in [-0.2, -0.15) is 0 Å². The molecular formula is C23H33BrN2O. The van der Waals surface area contributed by atoms with E-state index in [0.29, 0.717) is 12.5 Å². The van der Waals surface area contributed by atoms with Crippen molar-refractivity contribution in [3.05, 3.63) is 35.4 Å². The van der Waals surface area contributed by atoms with Crippen LogP contribution in [0.1, 0.15) is 63.5 Å². The molecule has 4 heteroatoms. The van der Waals surface area contributed by atoms with Crippen LogP contribution in [0.15, 0.2) is 24.3 Å². The van der Waals surface area contributed by atoms with Crippen LogP contribution >= 0.6 is 15.9 Å². The van der Waals surface area contributed by atoms with E-state index in [2.05, 4.69) is 64.3 Å². The van der Waals surface area contributed by atoms with E-state index in [4.69, 9.17) is 0 Å². The molecule has 0 radical (unpaired) electrons. The predicted molar refractivity (Wildman–Crippen MR) is 114 cm³/mol. The lowest BCUT2D eigenvalue weighted by molar-refractivity contribution is -0.144. The van der Waals surface area contributed by atoms with Crippen LogP contribution in [0.2, 0.25) is 0 Å². The maximum absolute atomic E-state index is 13.2. The highest BCUT2D eigenvalue weighted by atomic mass is 79.9. The van der Waals surface area contributed by atoms with Gasteiger partial charge in [0, 0.05) is 17.4 Å². The largest absolute Gasteiger partial charge is 0.352 e. The summed E-state index contributed by atoms with van der Waals surface area (Å²) in [5, 5.41) is 3.29. The molecule has 5 rings (SSSR count). The van der Waals surface area contributed by atoms with E-state index in [-0.39, 0.29) is 9.74 Å². The van der Waals surface area contributed by atoms with Crippen molar-refractivity contribution >= 4 is 21.8 Å². The minimum Gasteiger partial charge on any atom is -0.352 e. The Balaban J connectivity index is 1.36. The molecule has 0 spiro atoms. The zero-order valence-electron chi connectivity index (χ0n) is 16.8. The monoisotopic (exact) mass is 432 g/mol. The van der Waals surface area contributed by atoms with E-state index >= 15 is 0 Å². The fourth-order valence-corrected chi connectivity index (χ4v) is 7.71. The van der Waals surface area contributed by atoms with Crippen LogP contribution in [0.5, 0.6) is 0 Å². The molecular weight excluding hydrogens is 400 g/mol. The summed E-state index contributed by atoms with van der Waals surface area (Å²) in [7, 11) is 0. The van der Waals surface area contributed by atoms with Crippen LogP contribution in [0.25, 0.3) is 0 Å². The van der Waals surface area contributed by atoms with Crippen LogP contribution in [0.4, 0.5) is 0 Å². The molecule has 27 heavy (non-hydrogen) atoms. The maximum atomic E-state index is 13.2. The molecule has 4 aliphatic rings. The van der Waals surface area contributed by atoms with Gasteiger partial charge in [0.1, 0.15) is 0 Å². The maximum Gasteiger partial charge on any atom is 0.226 e. The second-order valence-corrected chi connectivity index (χ2v) is 11.0. The Bertz CT molecular complexity index is 668. The molecule has 2 atom stereocenters. The standard InChI is InChI=1S/C23H33BrN2O/c1-3-26(4-2)15-18-7-5-17(6-8-18)14-25-21(27)22-10-19-9-20(11-22)13-23(24,12-19)16-22/h5-8,19-20H,3-4,9-16H2,1-2H3,(H,25,27). The Labute approximate surface area is 172 Å². The number of nitrogens with zero attached hydrogens (tertiary/aromatic N) is 1. The first-order valence-electron chi connectivity index (χ1n) is 10.7. The van der Waals surface area contributed by atoms with Crippen LogP contribution < -0.4 is 5.32 Å². The van der Waals surface area contributed by atoms with Gasteiger partial charge >= 0.3 is 0 Å². The molecule has 1 amide bonds. The SMILES string of the molecule is CCN(CC)Cc1ccc(CNC(=O)C23CC4CC(CC(Br)(C4)C2)C3)cc1. The lowest BCUT2D eigenvalue weighted by Gasteiger charge is -2.59. The number of nitrogens with one attached hydrogen (secondary N) is 1. The Hall–Kier alpha value is -0.870. The van der Waals surface area contributed by atoms with Crippen molar-refractivity contribution in [3.8, 4) is 0 Å². The van der Waals surface area contributed by atoms with Gasteiger partial charge in [0.05, 0.1) is 5.41 Å². The van der Waals surface area contributed by atoms with Gasteiger partial charge in [0.25, 0.3) is 0 Å². The number of benzene rings is 1. The molecule has 4 aliphatic carbocycles. The van der Waals surface area contributed by atoms with Gasteiger partial charge in [-0.05, 0) is 74.6 Å². The lowest BCUT2D eigenvalue weighted by atomic mass is 9.49. The Morgan fingerprint density at radius 1 is 1.07 bits per heavy atom. The van der Waals surface area contributed by atoms with Crippen molar-refractivity contribution < 1.29 is 4.79 Å². The van der Waals surface area contributed by atoms with Crippen molar-refractivity contribution in [2.24, 2.45) is 17.3 Å².